The molecule has 8 heteroatoms. The second-order valence-electron chi connectivity index (χ2n) is 5.76. The van der Waals surface area contributed by atoms with Crippen LogP contribution in [0.15, 0.2) is 61.2 Å². The van der Waals surface area contributed by atoms with E-state index in [-0.39, 0.29) is 5.91 Å². The van der Waals surface area contributed by atoms with Gasteiger partial charge in [0.1, 0.15) is 0 Å². The first-order valence-electron chi connectivity index (χ1n) is 8.69. The third-order valence-electron chi connectivity index (χ3n) is 3.77. The van der Waals surface area contributed by atoms with Crippen molar-refractivity contribution in [3.63, 3.8) is 0 Å². The maximum atomic E-state index is 12.3. The summed E-state index contributed by atoms with van der Waals surface area (Å²) in [4.78, 5) is 36.2. The Morgan fingerprint density at radius 1 is 0.964 bits per heavy atom. The predicted octanol–water partition coefficient (Wildman–Crippen LogP) is 2.91. The molecule has 8 nitrogen and oxygen atoms in total. The van der Waals surface area contributed by atoms with Crippen LogP contribution < -0.4 is 10.6 Å². The van der Waals surface area contributed by atoms with Gasteiger partial charge in [-0.25, -0.2) is 14.8 Å². The standard InChI is InChI=1S/C20H19N5O3/c1-2-28-19(27)15-3-5-17(6-4-15)25-18(26)16-12-23-20(24-13-16)22-11-14-7-9-21-10-8-14/h3-10,12-13H,2,11H2,1H3,(H,25,26)(H,22,23,24). The van der Waals surface area contributed by atoms with Crippen LogP contribution in [0.5, 0.6) is 0 Å². The van der Waals surface area contributed by atoms with Gasteiger partial charge in [-0.15, -0.1) is 0 Å². The van der Waals surface area contributed by atoms with Gasteiger partial charge in [0.05, 0.1) is 17.7 Å². The molecule has 0 aliphatic heterocycles. The molecule has 0 atom stereocenters. The third-order valence-corrected chi connectivity index (χ3v) is 3.77. The highest BCUT2D eigenvalue weighted by atomic mass is 16.5. The van der Waals surface area contributed by atoms with Gasteiger partial charge in [0, 0.05) is 37.0 Å². The van der Waals surface area contributed by atoms with Crippen LogP contribution in [0.2, 0.25) is 0 Å². The molecule has 0 fully saturated rings. The van der Waals surface area contributed by atoms with Gasteiger partial charge in [-0.2, -0.15) is 0 Å². The van der Waals surface area contributed by atoms with Crippen molar-refractivity contribution in [1.82, 2.24) is 15.0 Å². The highest BCUT2D eigenvalue weighted by Crippen LogP contribution is 2.12. The first-order chi connectivity index (χ1) is 13.7. The number of nitrogens with one attached hydrogen (secondary N) is 2. The number of nitrogens with zero attached hydrogens (tertiary/aromatic N) is 3. The number of esters is 1. The smallest absolute Gasteiger partial charge is 0.338 e. The van der Waals surface area contributed by atoms with E-state index in [1.807, 2.05) is 12.1 Å². The Hall–Kier alpha value is -3.81. The van der Waals surface area contributed by atoms with Crippen LogP contribution in [0.4, 0.5) is 11.6 Å². The molecule has 2 heterocycles. The number of carbonyl (C=O) groups is 2. The van der Waals surface area contributed by atoms with E-state index in [2.05, 4.69) is 25.6 Å². The Kier molecular flexibility index (Phi) is 6.25. The summed E-state index contributed by atoms with van der Waals surface area (Å²) in [6, 6.07) is 10.2. The van der Waals surface area contributed by atoms with Crippen LogP contribution in [0, 0.1) is 0 Å². The van der Waals surface area contributed by atoms with Gasteiger partial charge in [0.15, 0.2) is 0 Å². The molecule has 3 rings (SSSR count). The largest absolute Gasteiger partial charge is 0.462 e. The first-order valence-corrected chi connectivity index (χ1v) is 8.69. The average Bonchev–Trinajstić information content (AvgIpc) is 2.74. The number of ether oxygens (including phenoxy) is 1. The van der Waals surface area contributed by atoms with Crippen molar-refractivity contribution in [1.29, 1.82) is 0 Å². The van der Waals surface area contributed by atoms with E-state index in [0.29, 0.717) is 35.9 Å². The summed E-state index contributed by atoms with van der Waals surface area (Å²) in [7, 11) is 0. The Balaban J connectivity index is 1.56. The zero-order chi connectivity index (χ0) is 19.8. The molecule has 28 heavy (non-hydrogen) atoms. The lowest BCUT2D eigenvalue weighted by Gasteiger charge is -2.07. The van der Waals surface area contributed by atoms with Gasteiger partial charge in [0.2, 0.25) is 5.95 Å². The maximum absolute atomic E-state index is 12.3. The molecule has 142 valence electrons. The van der Waals surface area contributed by atoms with E-state index < -0.39 is 5.97 Å². The Morgan fingerprint density at radius 2 is 1.64 bits per heavy atom. The molecule has 0 radical (unpaired) electrons. The summed E-state index contributed by atoms with van der Waals surface area (Å²) in [6.45, 7) is 2.61. The summed E-state index contributed by atoms with van der Waals surface area (Å²) in [6.07, 6.45) is 6.32. The number of rotatable bonds is 7. The minimum atomic E-state index is -0.399. The molecule has 0 aliphatic carbocycles. The molecule has 2 N–H and O–H groups in total. The minimum absolute atomic E-state index is 0.310. The number of hydrogen-bond acceptors (Lipinski definition) is 7. The van der Waals surface area contributed by atoms with E-state index in [4.69, 9.17) is 4.74 Å². The van der Waals surface area contributed by atoms with Gasteiger partial charge in [0.25, 0.3) is 5.91 Å². The number of pyridine rings is 1. The van der Waals surface area contributed by atoms with E-state index in [1.54, 1.807) is 43.6 Å². The van der Waals surface area contributed by atoms with Crippen molar-refractivity contribution in [2.45, 2.75) is 13.5 Å². The Bertz CT molecular complexity index is 928. The highest BCUT2D eigenvalue weighted by molar-refractivity contribution is 6.04. The van der Waals surface area contributed by atoms with Gasteiger partial charge in [-0.3, -0.25) is 9.78 Å². The Labute approximate surface area is 162 Å². The molecule has 1 aromatic carbocycles. The SMILES string of the molecule is CCOC(=O)c1ccc(NC(=O)c2cnc(NCc3ccncc3)nc2)cc1. The lowest BCUT2D eigenvalue weighted by Crippen LogP contribution is -2.13. The topological polar surface area (TPSA) is 106 Å². The molecule has 0 saturated carbocycles. The van der Waals surface area contributed by atoms with E-state index in [1.165, 1.54) is 12.4 Å². The van der Waals surface area contributed by atoms with Crippen LogP contribution in [0.1, 0.15) is 33.2 Å². The fourth-order valence-electron chi connectivity index (χ4n) is 2.33. The summed E-state index contributed by atoms with van der Waals surface area (Å²) < 4.78 is 4.93. The summed E-state index contributed by atoms with van der Waals surface area (Å²) in [5.41, 5.74) is 2.35. The third kappa shape index (κ3) is 5.10. The number of amides is 1. The van der Waals surface area contributed by atoms with Crippen molar-refractivity contribution < 1.29 is 14.3 Å². The molecule has 3 aromatic rings. The van der Waals surface area contributed by atoms with Crippen LogP contribution >= 0.6 is 0 Å². The minimum Gasteiger partial charge on any atom is -0.462 e. The number of anilines is 2. The Morgan fingerprint density at radius 3 is 2.29 bits per heavy atom. The maximum Gasteiger partial charge on any atom is 0.338 e. The van der Waals surface area contributed by atoms with Crippen LogP contribution in [-0.4, -0.2) is 33.4 Å². The number of benzene rings is 1. The number of aromatic nitrogens is 3. The van der Waals surface area contributed by atoms with E-state index >= 15 is 0 Å². The molecule has 0 saturated heterocycles. The molecule has 0 unspecified atom stereocenters. The second kappa shape index (κ2) is 9.22. The molecular weight excluding hydrogens is 358 g/mol. The normalized spacial score (nSPS) is 10.2. The zero-order valence-corrected chi connectivity index (χ0v) is 15.3. The van der Waals surface area contributed by atoms with Gasteiger partial charge >= 0.3 is 5.97 Å². The summed E-state index contributed by atoms with van der Waals surface area (Å²) in [5.74, 6) is -0.319. The van der Waals surface area contributed by atoms with Crippen molar-refractivity contribution in [2.75, 3.05) is 17.2 Å². The number of hydrogen-bond donors (Lipinski definition) is 2. The van der Waals surface area contributed by atoms with E-state index in [0.717, 1.165) is 5.56 Å². The van der Waals surface area contributed by atoms with Crippen LogP contribution in [-0.2, 0) is 11.3 Å². The highest BCUT2D eigenvalue weighted by Gasteiger charge is 2.10. The predicted molar refractivity (Wildman–Crippen MR) is 104 cm³/mol. The van der Waals surface area contributed by atoms with Crippen molar-refractivity contribution in [3.8, 4) is 0 Å². The summed E-state index contributed by atoms with van der Waals surface area (Å²) in [5, 5.41) is 5.81. The van der Waals surface area contributed by atoms with Gasteiger partial charge in [-0.1, -0.05) is 0 Å². The molecular formula is C20H19N5O3. The summed E-state index contributed by atoms with van der Waals surface area (Å²) >= 11 is 0. The molecule has 0 spiro atoms. The second-order valence-corrected chi connectivity index (χ2v) is 5.76. The van der Waals surface area contributed by atoms with Crippen LogP contribution in [0.25, 0.3) is 0 Å². The first kappa shape index (κ1) is 19.0. The fourth-order valence-corrected chi connectivity index (χ4v) is 2.33. The van der Waals surface area contributed by atoms with E-state index in [9.17, 15) is 9.59 Å². The number of carbonyl (C=O) groups excluding carboxylic acids is 2. The fraction of sp³-hybridized carbons (Fsp3) is 0.150. The van der Waals surface area contributed by atoms with Gasteiger partial charge < -0.3 is 15.4 Å². The van der Waals surface area contributed by atoms with Crippen molar-refractivity contribution >= 4 is 23.5 Å². The molecule has 0 aliphatic rings. The zero-order valence-electron chi connectivity index (χ0n) is 15.3. The molecule has 2 aromatic heterocycles. The quantitative estimate of drug-likeness (QED) is 0.610. The molecule has 0 bridgehead atoms. The molecule has 1 amide bonds. The lowest BCUT2D eigenvalue weighted by atomic mass is 10.2. The van der Waals surface area contributed by atoms with Crippen molar-refractivity contribution in [2.24, 2.45) is 0 Å². The van der Waals surface area contributed by atoms with Crippen molar-refractivity contribution in [3.05, 3.63) is 77.9 Å². The lowest BCUT2D eigenvalue weighted by molar-refractivity contribution is 0.0526. The average molecular weight is 377 g/mol. The van der Waals surface area contributed by atoms with Crippen LogP contribution in [0.3, 0.4) is 0 Å². The monoisotopic (exact) mass is 377 g/mol. The van der Waals surface area contributed by atoms with Gasteiger partial charge in [-0.05, 0) is 48.9 Å².